The van der Waals surface area contributed by atoms with E-state index in [4.69, 9.17) is 4.74 Å². The van der Waals surface area contributed by atoms with E-state index in [9.17, 15) is 0 Å². The topological polar surface area (TPSA) is 15.7 Å². The SMILES string of the molecule is CCOc1ccccc1N1CCN(Cc2cc(Br)cs2)CC1. The van der Waals surface area contributed by atoms with Crippen molar-refractivity contribution in [2.45, 2.75) is 13.5 Å². The van der Waals surface area contributed by atoms with Crippen LogP contribution in [0.15, 0.2) is 40.2 Å². The Balaban J connectivity index is 1.59. The van der Waals surface area contributed by atoms with Crippen LogP contribution in [0.2, 0.25) is 0 Å². The van der Waals surface area contributed by atoms with Gasteiger partial charge in [0.25, 0.3) is 0 Å². The summed E-state index contributed by atoms with van der Waals surface area (Å²) >= 11 is 5.36. The maximum absolute atomic E-state index is 5.76. The maximum Gasteiger partial charge on any atom is 0.142 e. The van der Waals surface area contributed by atoms with E-state index in [1.165, 1.54) is 15.0 Å². The molecule has 0 amide bonds. The molecular weight excluding hydrogens is 360 g/mol. The molecule has 5 heteroatoms. The average Bonchev–Trinajstić information content (AvgIpc) is 2.94. The highest BCUT2D eigenvalue weighted by atomic mass is 79.9. The monoisotopic (exact) mass is 380 g/mol. The van der Waals surface area contributed by atoms with Gasteiger partial charge in [-0.1, -0.05) is 12.1 Å². The van der Waals surface area contributed by atoms with Gasteiger partial charge in [0.15, 0.2) is 0 Å². The number of thiophene rings is 1. The molecule has 22 heavy (non-hydrogen) atoms. The summed E-state index contributed by atoms with van der Waals surface area (Å²) in [4.78, 5) is 6.39. The molecule has 3 nitrogen and oxygen atoms in total. The number of ether oxygens (including phenoxy) is 1. The van der Waals surface area contributed by atoms with Crippen molar-refractivity contribution in [2.75, 3.05) is 37.7 Å². The van der Waals surface area contributed by atoms with Crippen molar-refractivity contribution in [1.82, 2.24) is 4.90 Å². The highest BCUT2D eigenvalue weighted by Gasteiger charge is 2.20. The summed E-state index contributed by atoms with van der Waals surface area (Å²) in [6.45, 7) is 8.09. The molecule has 0 N–H and O–H groups in total. The van der Waals surface area contributed by atoms with Gasteiger partial charge in [-0.25, -0.2) is 0 Å². The minimum absolute atomic E-state index is 0.713. The molecule has 1 aromatic carbocycles. The summed E-state index contributed by atoms with van der Waals surface area (Å²) in [6.07, 6.45) is 0. The number of halogens is 1. The second-order valence-corrected chi connectivity index (χ2v) is 7.31. The first-order valence-corrected chi connectivity index (χ1v) is 9.35. The maximum atomic E-state index is 5.76. The Morgan fingerprint density at radius 3 is 2.64 bits per heavy atom. The highest BCUT2D eigenvalue weighted by Crippen LogP contribution is 2.29. The third-order valence-electron chi connectivity index (χ3n) is 3.88. The summed E-state index contributed by atoms with van der Waals surface area (Å²) in [6, 6.07) is 10.6. The highest BCUT2D eigenvalue weighted by molar-refractivity contribution is 9.10. The Kier molecular flexibility index (Phi) is 5.39. The molecular formula is C17H21BrN2OS. The summed E-state index contributed by atoms with van der Waals surface area (Å²) in [7, 11) is 0. The zero-order valence-corrected chi connectivity index (χ0v) is 15.2. The number of rotatable bonds is 5. The molecule has 0 bridgehead atoms. The smallest absolute Gasteiger partial charge is 0.142 e. The second kappa shape index (κ2) is 7.49. The second-order valence-electron chi connectivity index (χ2n) is 5.40. The van der Waals surface area contributed by atoms with Crippen LogP contribution in [0, 0.1) is 0 Å². The molecule has 2 aromatic rings. The van der Waals surface area contributed by atoms with E-state index in [0.717, 1.165) is 38.5 Å². The molecule has 1 aliphatic rings. The van der Waals surface area contributed by atoms with Gasteiger partial charge in [0.2, 0.25) is 0 Å². The van der Waals surface area contributed by atoms with Crippen LogP contribution in [0.1, 0.15) is 11.8 Å². The first-order chi connectivity index (χ1) is 10.8. The van der Waals surface area contributed by atoms with Crippen molar-refractivity contribution in [3.8, 4) is 5.75 Å². The zero-order valence-electron chi connectivity index (χ0n) is 12.8. The van der Waals surface area contributed by atoms with Crippen molar-refractivity contribution in [2.24, 2.45) is 0 Å². The predicted molar refractivity (Wildman–Crippen MR) is 97.1 cm³/mol. The Morgan fingerprint density at radius 2 is 1.95 bits per heavy atom. The first kappa shape index (κ1) is 15.8. The standard InChI is InChI=1S/C17H21BrN2OS/c1-2-21-17-6-4-3-5-16(17)20-9-7-19(8-10-20)12-15-11-14(18)13-22-15/h3-6,11,13H,2,7-10,12H2,1H3. The van der Waals surface area contributed by atoms with Crippen LogP contribution in [-0.4, -0.2) is 37.7 Å². The summed E-state index contributed by atoms with van der Waals surface area (Å²) in [5.41, 5.74) is 1.22. The number of anilines is 1. The van der Waals surface area contributed by atoms with Gasteiger partial charge in [0.1, 0.15) is 5.75 Å². The number of para-hydroxylation sites is 2. The predicted octanol–water partition coefficient (Wildman–Crippen LogP) is 4.23. The molecule has 0 radical (unpaired) electrons. The van der Waals surface area contributed by atoms with E-state index in [1.807, 2.05) is 24.3 Å². The van der Waals surface area contributed by atoms with Gasteiger partial charge < -0.3 is 9.64 Å². The van der Waals surface area contributed by atoms with Crippen LogP contribution < -0.4 is 9.64 Å². The number of piperazine rings is 1. The quantitative estimate of drug-likeness (QED) is 0.771. The van der Waals surface area contributed by atoms with Gasteiger partial charge in [0, 0.05) is 47.5 Å². The largest absolute Gasteiger partial charge is 0.492 e. The molecule has 0 spiro atoms. The van der Waals surface area contributed by atoms with Crippen LogP contribution in [0.5, 0.6) is 5.75 Å². The minimum atomic E-state index is 0.713. The van der Waals surface area contributed by atoms with Gasteiger partial charge in [-0.15, -0.1) is 11.3 Å². The number of nitrogens with zero attached hydrogens (tertiary/aromatic N) is 2. The fraction of sp³-hybridized carbons (Fsp3) is 0.412. The molecule has 1 aliphatic heterocycles. The lowest BCUT2D eigenvalue weighted by Gasteiger charge is -2.36. The lowest BCUT2D eigenvalue weighted by atomic mass is 10.2. The molecule has 1 saturated heterocycles. The molecule has 0 unspecified atom stereocenters. The summed E-state index contributed by atoms with van der Waals surface area (Å²) < 4.78 is 6.95. The van der Waals surface area contributed by atoms with Gasteiger partial charge in [0.05, 0.1) is 12.3 Å². The van der Waals surface area contributed by atoms with E-state index in [1.54, 1.807) is 0 Å². The number of hydrogen-bond donors (Lipinski definition) is 0. The molecule has 1 fully saturated rings. The molecule has 118 valence electrons. The van der Waals surface area contributed by atoms with Crippen molar-refractivity contribution < 1.29 is 4.74 Å². The van der Waals surface area contributed by atoms with Crippen LogP contribution in [0.25, 0.3) is 0 Å². The van der Waals surface area contributed by atoms with Crippen LogP contribution >= 0.6 is 27.3 Å². The Hall–Kier alpha value is -1.04. The molecule has 0 atom stereocenters. The Bertz CT molecular complexity index is 608. The van der Waals surface area contributed by atoms with E-state index in [-0.39, 0.29) is 0 Å². The molecule has 0 saturated carbocycles. The lowest BCUT2D eigenvalue weighted by Crippen LogP contribution is -2.46. The Labute approximate surface area is 144 Å². The zero-order chi connectivity index (χ0) is 15.4. The number of benzene rings is 1. The van der Waals surface area contributed by atoms with Gasteiger partial charge in [-0.2, -0.15) is 0 Å². The molecule has 1 aromatic heterocycles. The van der Waals surface area contributed by atoms with Crippen LogP contribution in [0.3, 0.4) is 0 Å². The van der Waals surface area contributed by atoms with Gasteiger partial charge >= 0.3 is 0 Å². The fourth-order valence-electron chi connectivity index (χ4n) is 2.80. The summed E-state index contributed by atoms with van der Waals surface area (Å²) in [5.74, 6) is 1.00. The van der Waals surface area contributed by atoms with E-state index in [2.05, 4.69) is 55.4 Å². The van der Waals surface area contributed by atoms with Gasteiger partial charge in [-0.05, 0) is 41.1 Å². The van der Waals surface area contributed by atoms with Crippen LogP contribution in [-0.2, 0) is 6.54 Å². The summed E-state index contributed by atoms with van der Waals surface area (Å²) in [5, 5.41) is 2.16. The average molecular weight is 381 g/mol. The minimum Gasteiger partial charge on any atom is -0.492 e. The van der Waals surface area contributed by atoms with E-state index < -0.39 is 0 Å². The normalized spacial score (nSPS) is 16.0. The van der Waals surface area contributed by atoms with E-state index in [0.29, 0.717) is 6.61 Å². The first-order valence-electron chi connectivity index (χ1n) is 7.68. The molecule has 3 rings (SSSR count). The lowest BCUT2D eigenvalue weighted by molar-refractivity contribution is 0.250. The van der Waals surface area contributed by atoms with E-state index >= 15 is 0 Å². The van der Waals surface area contributed by atoms with Gasteiger partial charge in [-0.3, -0.25) is 4.90 Å². The van der Waals surface area contributed by atoms with Crippen LogP contribution in [0.4, 0.5) is 5.69 Å². The molecule has 0 aliphatic carbocycles. The number of hydrogen-bond acceptors (Lipinski definition) is 4. The third kappa shape index (κ3) is 3.83. The molecule has 2 heterocycles. The third-order valence-corrected chi connectivity index (χ3v) is 5.56. The van der Waals surface area contributed by atoms with Crippen molar-refractivity contribution in [1.29, 1.82) is 0 Å². The van der Waals surface area contributed by atoms with Crippen molar-refractivity contribution >= 4 is 33.0 Å². The van der Waals surface area contributed by atoms with Crippen molar-refractivity contribution in [3.63, 3.8) is 0 Å². The Morgan fingerprint density at radius 1 is 1.18 bits per heavy atom. The van der Waals surface area contributed by atoms with Crippen molar-refractivity contribution in [3.05, 3.63) is 45.1 Å². The fourth-order valence-corrected chi connectivity index (χ4v) is 4.29.